The van der Waals surface area contributed by atoms with E-state index in [1.165, 1.54) is 6.07 Å². The first kappa shape index (κ1) is 10.0. The summed E-state index contributed by atoms with van der Waals surface area (Å²) in [7, 11) is 0. The summed E-state index contributed by atoms with van der Waals surface area (Å²) in [6.07, 6.45) is 0.235. The van der Waals surface area contributed by atoms with Crippen molar-refractivity contribution in [3.8, 4) is 5.75 Å². The number of carbonyl (C=O) groups is 1. The van der Waals surface area contributed by atoms with E-state index < -0.39 is 17.2 Å². The maximum Gasteiger partial charge on any atom is 0.173 e. The first-order chi connectivity index (χ1) is 7.22. The van der Waals surface area contributed by atoms with Crippen LogP contribution >= 0.6 is 0 Å². The minimum atomic E-state index is -1.18. The SMILES string of the molecule is O=Cc1c(OCC2CO2)ccc(F)c1F. The van der Waals surface area contributed by atoms with Crippen LogP contribution in [0, 0.1) is 11.6 Å². The number of rotatable bonds is 4. The Balaban J connectivity index is 2.20. The quantitative estimate of drug-likeness (QED) is 0.564. The fourth-order valence-corrected chi connectivity index (χ4v) is 1.13. The molecule has 1 fully saturated rings. The second-order valence-electron chi connectivity index (χ2n) is 3.16. The van der Waals surface area contributed by atoms with E-state index in [2.05, 4.69) is 0 Å². The summed E-state index contributed by atoms with van der Waals surface area (Å²) in [6, 6.07) is 2.15. The van der Waals surface area contributed by atoms with Gasteiger partial charge in [0.15, 0.2) is 17.9 Å². The van der Waals surface area contributed by atoms with Crippen LogP contribution in [0.5, 0.6) is 5.75 Å². The molecule has 0 aromatic heterocycles. The summed E-state index contributed by atoms with van der Waals surface area (Å²) in [5, 5.41) is 0. The monoisotopic (exact) mass is 214 g/mol. The van der Waals surface area contributed by atoms with Crippen molar-refractivity contribution in [2.45, 2.75) is 6.10 Å². The molecule has 2 rings (SSSR count). The highest BCUT2D eigenvalue weighted by Crippen LogP contribution is 2.23. The Morgan fingerprint density at radius 3 is 2.87 bits per heavy atom. The van der Waals surface area contributed by atoms with Crippen molar-refractivity contribution in [2.75, 3.05) is 13.2 Å². The number of ether oxygens (including phenoxy) is 2. The summed E-state index contributed by atoms with van der Waals surface area (Å²) in [5.74, 6) is -2.20. The maximum absolute atomic E-state index is 13.1. The van der Waals surface area contributed by atoms with E-state index in [9.17, 15) is 13.6 Å². The topological polar surface area (TPSA) is 38.8 Å². The molecule has 1 saturated heterocycles. The molecule has 1 aromatic rings. The van der Waals surface area contributed by atoms with Crippen LogP contribution < -0.4 is 4.74 Å². The van der Waals surface area contributed by atoms with E-state index in [0.29, 0.717) is 6.61 Å². The molecule has 0 aliphatic carbocycles. The molecule has 0 spiro atoms. The Morgan fingerprint density at radius 1 is 1.53 bits per heavy atom. The zero-order valence-electron chi connectivity index (χ0n) is 7.70. The van der Waals surface area contributed by atoms with Crippen LogP contribution in [0.15, 0.2) is 12.1 Å². The van der Waals surface area contributed by atoms with Gasteiger partial charge >= 0.3 is 0 Å². The molecule has 1 unspecified atom stereocenters. The lowest BCUT2D eigenvalue weighted by Crippen LogP contribution is -2.07. The predicted molar refractivity (Wildman–Crippen MR) is 47.0 cm³/mol. The van der Waals surface area contributed by atoms with Crippen molar-refractivity contribution < 1.29 is 23.0 Å². The van der Waals surface area contributed by atoms with Crippen molar-refractivity contribution in [2.24, 2.45) is 0 Å². The maximum atomic E-state index is 13.1. The highest BCUT2D eigenvalue weighted by molar-refractivity contribution is 5.79. The van der Waals surface area contributed by atoms with Crippen molar-refractivity contribution in [3.05, 3.63) is 29.3 Å². The zero-order chi connectivity index (χ0) is 10.8. The molecular formula is C10H8F2O3. The molecule has 15 heavy (non-hydrogen) atoms. The van der Waals surface area contributed by atoms with Gasteiger partial charge in [-0.1, -0.05) is 0 Å². The Kier molecular flexibility index (Phi) is 2.64. The largest absolute Gasteiger partial charge is 0.490 e. The van der Waals surface area contributed by atoms with Crippen molar-refractivity contribution >= 4 is 6.29 Å². The van der Waals surface area contributed by atoms with Gasteiger partial charge in [0.2, 0.25) is 0 Å². The fourth-order valence-electron chi connectivity index (χ4n) is 1.13. The molecule has 0 bridgehead atoms. The van der Waals surface area contributed by atoms with Crippen LogP contribution in [0.4, 0.5) is 8.78 Å². The minimum absolute atomic E-state index is 0.00221. The Labute approximate surface area is 84.6 Å². The molecule has 1 heterocycles. The molecule has 0 amide bonds. The first-order valence-electron chi connectivity index (χ1n) is 4.40. The average molecular weight is 214 g/mol. The Bertz CT molecular complexity index is 388. The Morgan fingerprint density at radius 2 is 2.27 bits per heavy atom. The van der Waals surface area contributed by atoms with Crippen molar-refractivity contribution in [3.63, 3.8) is 0 Å². The first-order valence-corrected chi connectivity index (χ1v) is 4.40. The second-order valence-corrected chi connectivity index (χ2v) is 3.16. The number of hydrogen-bond donors (Lipinski definition) is 0. The second kappa shape index (κ2) is 3.94. The van der Waals surface area contributed by atoms with Crippen LogP contribution in [-0.4, -0.2) is 25.6 Å². The van der Waals surface area contributed by atoms with Crippen molar-refractivity contribution in [1.29, 1.82) is 0 Å². The molecule has 80 valence electrons. The number of carbonyl (C=O) groups excluding carboxylic acids is 1. The number of benzene rings is 1. The highest BCUT2D eigenvalue weighted by atomic mass is 19.2. The predicted octanol–water partition coefficient (Wildman–Crippen LogP) is 1.55. The number of aldehydes is 1. The molecule has 1 aliphatic rings. The zero-order valence-corrected chi connectivity index (χ0v) is 7.70. The molecule has 3 nitrogen and oxygen atoms in total. The lowest BCUT2D eigenvalue weighted by Gasteiger charge is -2.07. The van der Waals surface area contributed by atoms with Crippen LogP contribution in [0.25, 0.3) is 0 Å². The standard InChI is InChI=1S/C10H8F2O3/c11-8-1-2-9(7(3-13)10(8)12)15-5-6-4-14-6/h1-3,6H,4-5H2. The van der Waals surface area contributed by atoms with Gasteiger partial charge in [-0.3, -0.25) is 4.79 Å². The molecule has 0 N–H and O–H groups in total. The van der Waals surface area contributed by atoms with Gasteiger partial charge in [0.1, 0.15) is 18.5 Å². The number of hydrogen-bond acceptors (Lipinski definition) is 3. The van der Waals surface area contributed by atoms with Gasteiger partial charge in [-0.15, -0.1) is 0 Å². The summed E-state index contributed by atoms with van der Waals surface area (Å²) < 4.78 is 35.8. The molecule has 1 atom stereocenters. The summed E-state index contributed by atoms with van der Waals surface area (Å²) in [5.41, 5.74) is -0.393. The molecule has 1 aliphatic heterocycles. The van der Waals surface area contributed by atoms with E-state index in [1.54, 1.807) is 0 Å². The normalized spacial score (nSPS) is 18.7. The van der Waals surface area contributed by atoms with Gasteiger partial charge in [0.05, 0.1) is 12.2 Å². The third-order valence-electron chi connectivity index (χ3n) is 2.04. The van der Waals surface area contributed by atoms with Gasteiger partial charge in [0, 0.05) is 0 Å². The lowest BCUT2D eigenvalue weighted by molar-refractivity contribution is 0.111. The number of halogens is 2. The molecule has 5 heteroatoms. The van der Waals surface area contributed by atoms with Gasteiger partial charge < -0.3 is 9.47 Å². The van der Waals surface area contributed by atoms with Crippen LogP contribution in [0.3, 0.4) is 0 Å². The molecule has 1 aromatic carbocycles. The van der Waals surface area contributed by atoms with E-state index in [0.717, 1.165) is 6.07 Å². The fraction of sp³-hybridized carbons (Fsp3) is 0.300. The van der Waals surface area contributed by atoms with Crippen LogP contribution in [0.1, 0.15) is 10.4 Å². The third-order valence-corrected chi connectivity index (χ3v) is 2.04. The van der Waals surface area contributed by atoms with Gasteiger partial charge in [0.25, 0.3) is 0 Å². The summed E-state index contributed by atoms with van der Waals surface area (Å²) in [6.45, 7) is 0.839. The smallest absolute Gasteiger partial charge is 0.173 e. The summed E-state index contributed by atoms with van der Waals surface area (Å²) in [4.78, 5) is 10.5. The van der Waals surface area contributed by atoms with Gasteiger partial charge in [-0.2, -0.15) is 0 Å². The molecular weight excluding hydrogens is 206 g/mol. The van der Waals surface area contributed by atoms with Gasteiger partial charge in [-0.05, 0) is 12.1 Å². The van der Waals surface area contributed by atoms with Crippen LogP contribution in [0.2, 0.25) is 0 Å². The lowest BCUT2D eigenvalue weighted by atomic mass is 10.2. The number of epoxide rings is 1. The van der Waals surface area contributed by atoms with E-state index >= 15 is 0 Å². The third kappa shape index (κ3) is 2.12. The van der Waals surface area contributed by atoms with E-state index in [4.69, 9.17) is 9.47 Å². The molecule has 0 saturated carbocycles. The molecule has 0 radical (unpaired) electrons. The summed E-state index contributed by atoms with van der Waals surface area (Å²) >= 11 is 0. The Hall–Kier alpha value is -1.49. The van der Waals surface area contributed by atoms with E-state index in [1.807, 2.05) is 0 Å². The van der Waals surface area contributed by atoms with Crippen molar-refractivity contribution in [1.82, 2.24) is 0 Å². The van der Waals surface area contributed by atoms with Gasteiger partial charge in [-0.25, -0.2) is 8.78 Å². The highest BCUT2D eigenvalue weighted by Gasteiger charge is 2.24. The minimum Gasteiger partial charge on any atom is -0.490 e. The van der Waals surface area contributed by atoms with Crippen LogP contribution in [-0.2, 0) is 4.74 Å². The van der Waals surface area contributed by atoms with E-state index in [-0.39, 0.29) is 24.7 Å². The average Bonchev–Trinajstić information content (AvgIpc) is 3.03.